The van der Waals surface area contributed by atoms with Gasteiger partial charge in [0.25, 0.3) is 0 Å². The largest absolute Gasteiger partial charge is 0.225 e. The van der Waals surface area contributed by atoms with E-state index in [0.29, 0.717) is 0 Å². The first-order chi connectivity index (χ1) is 16.0. The van der Waals surface area contributed by atoms with E-state index in [-0.39, 0.29) is 10.8 Å². The van der Waals surface area contributed by atoms with Crippen molar-refractivity contribution in [3.8, 4) is 0 Å². The van der Waals surface area contributed by atoms with Crippen molar-refractivity contribution >= 4 is 0 Å². The lowest BCUT2D eigenvalue weighted by Gasteiger charge is -2.42. The molecule has 0 spiro atoms. The summed E-state index contributed by atoms with van der Waals surface area (Å²) in [6.07, 6.45) is 9.02. The topological polar surface area (TPSA) is 18.5 Å². The van der Waals surface area contributed by atoms with Crippen molar-refractivity contribution in [2.75, 3.05) is 0 Å². The van der Waals surface area contributed by atoms with E-state index in [1.807, 2.05) is 0 Å². The van der Waals surface area contributed by atoms with Crippen LogP contribution in [0.1, 0.15) is 118 Å². The fourth-order valence-corrected chi connectivity index (χ4v) is 5.44. The molecule has 0 aliphatic rings. The maximum absolute atomic E-state index is 6.60. The maximum atomic E-state index is 6.60. The smallest absolute Gasteiger partial charge is 0.126 e. The van der Waals surface area contributed by atoms with E-state index in [4.69, 9.17) is 9.78 Å². The number of hydrogen-bond donors (Lipinski definition) is 0. The Labute approximate surface area is 210 Å². The highest BCUT2D eigenvalue weighted by molar-refractivity contribution is 5.24. The van der Waals surface area contributed by atoms with Crippen LogP contribution in [-0.4, -0.2) is 0 Å². The molecular formula is C32H50O2. The molecule has 0 aliphatic heterocycles. The predicted octanol–water partition coefficient (Wildman–Crippen LogP) is 9.98. The summed E-state index contributed by atoms with van der Waals surface area (Å²) in [7, 11) is 0. The van der Waals surface area contributed by atoms with Crippen LogP contribution >= 0.6 is 0 Å². The molecule has 0 saturated heterocycles. The second-order valence-electron chi connectivity index (χ2n) is 12.2. The monoisotopic (exact) mass is 466 g/mol. The van der Waals surface area contributed by atoms with Crippen molar-refractivity contribution < 1.29 is 9.78 Å². The molecule has 2 atom stereocenters. The molecule has 2 unspecified atom stereocenters. The second kappa shape index (κ2) is 12.4. The number of rotatable bonds is 15. The molecule has 0 saturated carbocycles. The quantitative estimate of drug-likeness (QED) is 0.192. The molecule has 34 heavy (non-hydrogen) atoms. The zero-order valence-corrected chi connectivity index (χ0v) is 23.2. The molecule has 0 bridgehead atoms. The molecule has 2 nitrogen and oxygen atoms in total. The van der Waals surface area contributed by atoms with Crippen molar-refractivity contribution in [3.05, 3.63) is 71.8 Å². The fraction of sp³-hybridized carbons (Fsp3) is 0.625. The van der Waals surface area contributed by atoms with Crippen molar-refractivity contribution in [1.29, 1.82) is 0 Å². The summed E-state index contributed by atoms with van der Waals surface area (Å²) < 4.78 is 0. The van der Waals surface area contributed by atoms with Crippen LogP contribution in [0, 0.1) is 10.8 Å². The van der Waals surface area contributed by atoms with E-state index in [0.717, 1.165) is 12.8 Å². The third-order valence-electron chi connectivity index (χ3n) is 7.22. The summed E-state index contributed by atoms with van der Waals surface area (Å²) >= 11 is 0. The summed E-state index contributed by atoms with van der Waals surface area (Å²) in [6.45, 7) is 18.4. The van der Waals surface area contributed by atoms with Gasteiger partial charge in [-0.1, -0.05) is 128 Å². The normalized spacial score (nSPS) is 16.1. The highest BCUT2D eigenvalue weighted by atomic mass is 17.2. The Hall–Kier alpha value is -1.64. The Bertz CT molecular complexity index is 755. The van der Waals surface area contributed by atoms with Gasteiger partial charge in [-0.05, 0) is 61.5 Å². The van der Waals surface area contributed by atoms with E-state index in [2.05, 4.69) is 116 Å². The first kappa shape index (κ1) is 28.6. The van der Waals surface area contributed by atoms with Gasteiger partial charge in [0.2, 0.25) is 0 Å². The highest BCUT2D eigenvalue weighted by Gasteiger charge is 2.41. The van der Waals surface area contributed by atoms with E-state index in [9.17, 15) is 0 Å². The Kier molecular flexibility index (Phi) is 10.4. The molecule has 190 valence electrons. The lowest BCUT2D eigenvalue weighted by molar-refractivity contribution is -0.425. The van der Waals surface area contributed by atoms with Crippen LogP contribution in [0.25, 0.3) is 0 Å². The maximum Gasteiger partial charge on any atom is 0.126 e. The standard InChI is InChI=1S/C32H50O2/c1-9-11-23-29(3,4)25-31(7,27-19-15-13-16-20-27)33-34-32(8,28-21-17-14-18-22-28)26-30(5,6)24-12-10-2/h13-22H,9-12,23-26H2,1-8H3. The van der Waals surface area contributed by atoms with Crippen LogP contribution in [0.4, 0.5) is 0 Å². The van der Waals surface area contributed by atoms with Gasteiger partial charge < -0.3 is 0 Å². The molecule has 2 heteroatoms. The Morgan fingerprint density at radius 1 is 0.529 bits per heavy atom. The van der Waals surface area contributed by atoms with Gasteiger partial charge >= 0.3 is 0 Å². The lowest BCUT2D eigenvalue weighted by atomic mass is 9.74. The van der Waals surface area contributed by atoms with Crippen LogP contribution < -0.4 is 0 Å². The van der Waals surface area contributed by atoms with Gasteiger partial charge in [0.1, 0.15) is 11.2 Å². The second-order valence-corrected chi connectivity index (χ2v) is 12.2. The zero-order chi connectivity index (χ0) is 25.3. The van der Waals surface area contributed by atoms with Crippen LogP contribution in [0.5, 0.6) is 0 Å². The number of benzene rings is 2. The molecule has 0 fully saturated rings. The zero-order valence-electron chi connectivity index (χ0n) is 23.2. The molecule has 2 aromatic rings. The lowest BCUT2D eigenvalue weighted by Crippen LogP contribution is -2.38. The predicted molar refractivity (Wildman–Crippen MR) is 146 cm³/mol. The van der Waals surface area contributed by atoms with Crippen LogP contribution in [0.2, 0.25) is 0 Å². The summed E-state index contributed by atoms with van der Waals surface area (Å²) in [5, 5.41) is 0. The van der Waals surface area contributed by atoms with E-state index in [1.165, 1.54) is 49.7 Å². The first-order valence-corrected chi connectivity index (χ1v) is 13.4. The van der Waals surface area contributed by atoms with Crippen molar-refractivity contribution in [2.24, 2.45) is 10.8 Å². The molecule has 0 radical (unpaired) electrons. The van der Waals surface area contributed by atoms with Gasteiger partial charge in [0.15, 0.2) is 0 Å². The highest BCUT2D eigenvalue weighted by Crippen LogP contribution is 2.45. The van der Waals surface area contributed by atoms with Crippen LogP contribution in [0.3, 0.4) is 0 Å². The summed E-state index contributed by atoms with van der Waals surface area (Å²) in [6, 6.07) is 21.2. The molecule has 0 aliphatic carbocycles. The van der Waals surface area contributed by atoms with Crippen molar-refractivity contribution in [1.82, 2.24) is 0 Å². The summed E-state index contributed by atoms with van der Waals surface area (Å²) in [5.41, 5.74) is 1.55. The Morgan fingerprint density at radius 3 is 1.15 bits per heavy atom. The van der Waals surface area contributed by atoms with Crippen molar-refractivity contribution in [2.45, 2.75) is 118 Å². The molecule has 0 heterocycles. The third-order valence-corrected chi connectivity index (χ3v) is 7.22. The minimum absolute atomic E-state index is 0.146. The van der Waals surface area contributed by atoms with E-state index in [1.54, 1.807) is 0 Å². The summed E-state index contributed by atoms with van der Waals surface area (Å²) in [4.78, 5) is 13.2. The van der Waals surface area contributed by atoms with Gasteiger partial charge in [0, 0.05) is 0 Å². The fourth-order valence-electron chi connectivity index (χ4n) is 5.44. The van der Waals surface area contributed by atoms with Crippen LogP contribution in [-0.2, 0) is 21.0 Å². The minimum atomic E-state index is -0.540. The van der Waals surface area contributed by atoms with Gasteiger partial charge in [-0.25, -0.2) is 9.78 Å². The van der Waals surface area contributed by atoms with Gasteiger partial charge in [-0.15, -0.1) is 0 Å². The number of hydrogen-bond acceptors (Lipinski definition) is 2. The molecular weight excluding hydrogens is 416 g/mol. The minimum Gasteiger partial charge on any atom is -0.225 e. The molecule has 2 aromatic carbocycles. The third kappa shape index (κ3) is 8.54. The molecule has 2 rings (SSSR count). The molecule has 0 amide bonds. The molecule has 0 aromatic heterocycles. The van der Waals surface area contributed by atoms with Crippen molar-refractivity contribution in [3.63, 3.8) is 0 Å². The van der Waals surface area contributed by atoms with E-state index >= 15 is 0 Å². The van der Waals surface area contributed by atoms with Gasteiger partial charge in [-0.3, -0.25) is 0 Å². The Morgan fingerprint density at radius 2 is 0.853 bits per heavy atom. The van der Waals surface area contributed by atoms with Crippen LogP contribution in [0.15, 0.2) is 60.7 Å². The van der Waals surface area contributed by atoms with E-state index < -0.39 is 11.2 Å². The van der Waals surface area contributed by atoms with Gasteiger partial charge in [0.05, 0.1) is 0 Å². The average Bonchev–Trinajstić information content (AvgIpc) is 2.81. The number of unbranched alkanes of at least 4 members (excludes halogenated alkanes) is 2. The average molecular weight is 467 g/mol. The SMILES string of the molecule is CCCCC(C)(C)CC(C)(OOC(C)(CC(C)(C)CCCC)c1ccccc1)c1ccccc1. The molecule has 0 N–H and O–H groups in total. The first-order valence-electron chi connectivity index (χ1n) is 13.4. The summed E-state index contributed by atoms with van der Waals surface area (Å²) in [5.74, 6) is 0. The Balaban J connectivity index is 2.37. The van der Waals surface area contributed by atoms with Gasteiger partial charge in [-0.2, -0.15) is 0 Å².